The molecule has 0 heterocycles. The fraction of sp³-hybridized carbons (Fsp3) is 0.909. The van der Waals surface area contributed by atoms with E-state index in [4.69, 9.17) is 5.11 Å². The second-order valence-corrected chi connectivity index (χ2v) is 4.73. The first-order valence-electron chi connectivity index (χ1n) is 5.85. The zero-order valence-corrected chi connectivity index (χ0v) is 9.76. The maximum absolute atomic E-state index is 11.9. The van der Waals surface area contributed by atoms with Crippen molar-refractivity contribution in [1.29, 1.82) is 0 Å². The van der Waals surface area contributed by atoms with Crippen LogP contribution in [0, 0.1) is 5.92 Å². The van der Waals surface area contributed by atoms with Crippen molar-refractivity contribution in [2.24, 2.45) is 5.92 Å². The monoisotopic (exact) mass is 253 g/mol. The minimum Gasteiger partial charge on any atom is -0.480 e. The van der Waals surface area contributed by atoms with Crippen LogP contribution < -0.4 is 5.32 Å². The van der Waals surface area contributed by atoms with Crippen LogP contribution in [0.1, 0.15) is 39.0 Å². The van der Waals surface area contributed by atoms with E-state index in [1.807, 2.05) is 0 Å². The maximum Gasteiger partial charge on any atom is 0.389 e. The predicted octanol–water partition coefficient (Wildman–Crippen LogP) is 2.56. The number of nitrogens with one attached hydrogen (secondary N) is 1. The normalized spacial score (nSPS) is 20.0. The lowest BCUT2D eigenvalue weighted by Crippen LogP contribution is -2.43. The fourth-order valence-electron chi connectivity index (χ4n) is 1.84. The highest BCUT2D eigenvalue weighted by Gasteiger charge is 2.36. The molecule has 2 N–H and O–H groups in total. The predicted molar refractivity (Wildman–Crippen MR) is 56.7 cm³/mol. The van der Waals surface area contributed by atoms with Crippen LogP contribution in [0.15, 0.2) is 0 Å². The molecule has 1 fully saturated rings. The lowest BCUT2D eigenvalue weighted by molar-refractivity contribution is -0.141. The van der Waals surface area contributed by atoms with Gasteiger partial charge in [-0.05, 0) is 38.5 Å². The van der Waals surface area contributed by atoms with E-state index >= 15 is 0 Å². The third-order valence-corrected chi connectivity index (χ3v) is 2.92. The number of aliphatic carboxylic acids is 1. The van der Waals surface area contributed by atoms with Crippen LogP contribution in [0.2, 0.25) is 0 Å². The Morgan fingerprint density at radius 3 is 2.47 bits per heavy atom. The minimum absolute atomic E-state index is 0.0364. The van der Waals surface area contributed by atoms with Crippen molar-refractivity contribution in [3.8, 4) is 0 Å². The number of hydrogen-bond acceptors (Lipinski definition) is 2. The average Bonchev–Trinajstić information content (AvgIpc) is 2.94. The Morgan fingerprint density at radius 2 is 2.06 bits per heavy atom. The number of halogens is 3. The first-order valence-corrected chi connectivity index (χ1v) is 5.85. The van der Waals surface area contributed by atoms with Gasteiger partial charge in [-0.25, -0.2) is 0 Å². The number of hydrogen-bond donors (Lipinski definition) is 2. The molecular weight excluding hydrogens is 235 g/mol. The Morgan fingerprint density at radius 1 is 1.47 bits per heavy atom. The Balaban J connectivity index is 2.23. The van der Waals surface area contributed by atoms with Gasteiger partial charge in [0.1, 0.15) is 6.04 Å². The van der Waals surface area contributed by atoms with Crippen molar-refractivity contribution in [3.63, 3.8) is 0 Å². The summed E-state index contributed by atoms with van der Waals surface area (Å²) >= 11 is 0. The van der Waals surface area contributed by atoms with Gasteiger partial charge < -0.3 is 10.4 Å². The number of alkyl halides is 3. The average molecular weight is 253 g/mol. The number of rotatable bonds is 7. The number of carboxylic acid groups (broad SMARTS) is 1. The summed E-state index contributed by atoms with van der Waals surface area (Å²) in [4.78, 5) is 10.9. The molecule has 0 aromatic heterocycles. The van der Waals surface area contributed by atoms with Crippen LogP contribution >= 0.6 is 0 Å². The van der Waals surface area contributed by atoms with Crippen LogP contribution in [0.5, 0.6) is 0 Å². The smallest absolute Gasteiger partial charge is 0.389 e. The van der Waals surface area contributed by atoms with E-state index in [1.54, 1.807) is 6.92 Å². The third kappa shape index (κ3) is 5.91. The van der Waals surface area contributed by atoms with E-state index in [0.717, 1.165) is 12.8 Å². The van der Waals surface area contributed by atoms with Crippen molar-refractivity contribution in [1.82, 2.24) is 5.32 Å². The van der Waals surface area contributed by atoms with Gasteiger partial charge in [-0.1, -0.05) is 0 Å². The van der Waals surface area contributed by atoms with Crippen LogP contribution in [0.25, 0.3) is 0 Å². The molecule has 1 saturated carbocycles. The maximum atomic E-state index is 11.9. The van der Waals surface area contributed by atoms with Gasteiger partial charge in [0.25, 0.3) is 0 Å². The Hall–Kier alpha value is -0.780. The summed E-state index contributed by atoms with van der Waals surface area (Å²) in [5, 5.41) is 11.8. The second-order valence-electron chi connectivity index (χ2n) is 4.73. The van der Waals surface area contributed by atoms with Gasteiger partial charge in [-0.3, -0.25) is 4.79 Å². The lowest BCUT2D eigenvalue weighted by Gasteiger charge is -2.20. The van der Waals surface area contributed by atoms with Gasteiger partial charge in [-0.2, -0.15) is 13.2 Å². The molecule has 0 bridgehead atoms. The minimum atomic E-state index is -4.12. The Bertz CT molecular complexity index is 264. The first kappa shape index (κ1) is 14.3. The van der Waals surface area contributed by atoms with Crippen molar-refractivity contribution in [3.05, 3.63) is 0 Å². The first-order chi connectivity index (χ1) is 7.79. The van der Waals surface area contributed by atoms with Crippen LogP contribution in [-0.2, 0) is 4.79 Å². The molecule has 0 aromatic carbocycles. The van der Waals surface area contributed by atoms with E-state index in [9.17, 15) is 18.0 Å². The molecule has 1 aliphatic carbocycles. The molecule has 0 saturated heterocycles. The number of carboxylic acids is 1. The van der Waals surface area contributed by atoms with Gasteiger partial charge in [0.2, 0.25) is 0 Å². The van der Waals surface area contributed by atoms with Gasteiger partial charge in [0.15, 0.2) is 0 Å². The van der Waals surface area contributed by atoms with E-state index in [1.165, 1.54) is 0 Å². The zero-order valence-electron chi connectivity index (χ0n) is 9.76. The van der Waals surface area contributed by atoms with E-state index in [2.05, 4.69) is 5.32 Å². The molecule has 1 aliphatic rings. The lowest BCUT2D eigenvalue weighted by atomic mass is 10.1. The van der Waals surface area contributed by atoms with Crippen molar-refractivity contribution in [2.75, 3.05) is 0 Å². The summed E-state index contributed by atoms with van der Waals surface area (Å²) in [6, 6.07) is -0.796. The summed E-state index contributed by atoms with van der Waals surface area (Å²) < 4.78 is 35.8. The van der Waals surface area contributed by atoms with Gasteiger partial charge >= 0.3 is 12.1 Å². The van der Waals surface area contributed by atoms with E-state index in [0.29, 0.717) is 6.42 Å². The summed E-state index contributed by atoms with van der Waals surface area (Å²) in [6.45, 7) is 1.73. The summed E-state index contributed by atoms with van der Waals surface area (Å²) in [5.41, 5.74) is 0. The fourth-order valence-corrected chi connectivity index (χ4v) is 1.84. The molecule has 3 nitrogen and oxygen atoms in total. The highest BCUT2D eigenvalue weighted by atomic mass is 19.4. The molecule has 2 atom stereocenters. The van der Waals surface area contributed by atoms with E-state index < -0.39 is 24.6 Å². The van der Waals surface area contributed by atoms with E-state index in [-0.39, 0.29) is 18.4 Å². The number of carbonyl (C=O) groups is 1. The summed E-state index contributed by atoms with van der Waals surface area (Å²) in [5.74, 6) is -0.757. The quantitative estimate of drug-likeness (QED) is 0.733. The zero-order chi connectivity index (χ0) is 13.1. The molecule has 100 valence electrons. The second kappa shape index (κ2) is 5.71. The third-order valence-electron chi connectivity index (χ3n) is 2.92. The van der Waals surface area contributed by atoms with Crippen LogP contribution in [-0.4, -0.2) is 29.3 Å². The molecule has 0 spiro atoms. The molecule has 17 heavy (non-hydrogen) atoms. The van der Waals surface area contributed by atoms with Crippen LogP contribution in [0.3, 0.4) is 0 Å². The molecule has 0 aromatic rings. The molecule has 6 heteroatoms. The summed E-state index contributed by atoms with van der Waals surface area (Å²) in [7, 11) is 0. The molecular formula is C11H18F3NO2. The van der Waals surface area contributed by atoms with Gasteiger partial charge in [-0.15, -0.1) is 0 Å². The molecule has 2 unspecified atom stereocenters. The SMILES string of the molecule is CC(CCCC(F)(F)F)NC(C(=O)O)C1CC1. The van der Waals surface area contributed by atoms with Gasteiger partial charge in [0.05, 0.1) is 0 Å². The standard InChI is InChI=1S/C11H18F3NO2/c1-7(3-2-6-11(12,13)14)15-9(10(16)17)8-4-5-8/h7-9,15H,2-6H2,1H3,(H,16,17). The molecule has 0 aliphatic heterocycles. The van der Waals surface area contributed by atoms with Crippen molar-refractivity contribution < 1.29 is 23.1 Å². The molecule has 0 amide bonds. The Labute approximate surface area is 98.4 Å². The van der Waals surface area contributed by atoms with Crippen molar-refractivity contribution in [2.45, 2.75) is 57.3 Å². The van der Waals surface area contributed by atoms with Crippen molar-refractivity contribution >= 4 is 5.97 Å². The van der Waals surface area contributed by atoms with Gasteiger partial charge in [0, 0.05) is 12.5 Å². The highest BCUT2D eigenvalue weighted by Crippen LogP contribution is 2.33. The highest BCUT2D eigenvalue weighted by molar-refractivity contribution is 5.74. The summed E-state index contributed by atoms with van der Waals surface area (Å²) in [6.07, 6.45) is -2.77. The Kier molecular flexibility index (Phi) is 4.80. The molecule has 1 rings (SSSR count). The molecule has 0 radical (unpaired) electrons. The topological polar surface area (TPSA) is 49.3 Å². The largest absolute Gasteiger partial charge is 0.480 e. The van der Waals surface area contributed by atoms with Crippen LogP contribution in [0.4, 0.5) is 13.2 Å².